The van der Waals surface area contributed by atoms with E-state index in [0.29, 0.717) is 16.5 Å². The summed E-state index contributed by atoms with van der Waals surface area (Å²) in [6, 6.07) is 4.67. The molecule has 0 fully saturated rings. The third kappa shape index (κ3) is 2.26. The summed E-state index contributed by atoms with van der Waals surface area (Å²) in [6.45, 7) is 1.85. The van der Waals surface area contributed by atoms with E-state index in [9.17, 15) is 10.2 Å². The van der Waals surface area contributed by atoms with Crippen molar-refractivity contribution in [3.05, 3.63) is 28.2 Å². The second kappa shape index (κ2) is 4.77. The van der Waals surface area contributed by atoms with E-state index in [0.717, 1.165) is 0 Å². The quantitative estimate of drug-likeness (QED) is 0.777. The molecule has 14 heavy (non-hydrogen) atoms. The normalized spacial score (nSPS) is 15.1. The molecule has 4 N–H and O–H groups in total. The van der Waals surface area contributed by atoms with Gasteiger partial charge in [-0.1, -0.05) is 19.1 Å². The Bertz CT molecular complexity index is 317. The molecule has 4 heteroatoms. The first-order chi connectivity index (χ1) is 6.57. The predicted octanol–water partition coefficient (Wildman–Crippen LogP) is 1.93. The first kappa shape index (κ1) is 11.5. The Hall–Kier alpha value is -0.580. The molecule has 2 atom stereocenters. The van der Waals surface area contributed by atoms with Crippen molar-refractivity contribution in [3.8, 4) is 5.75 Å². The average Bonchev–Trinajstić information content (AvgIpc) is 2.20. The van der Waals surface area contributed by atoms with Crippen LogP contribution in [0.15, 0.2) is 22.7 Å². The molecule has 0 saturated heterocycles. The molecule has 0 aliphatic rings. The molecule has 0 bridgehead atoms. The maximum atomic E-state index is 9.67. The van der Waals surface area contributed by atoms with Crippen molar-refractivity contribution >= 4 is 15.9 Å². The van der Waals surface area contributed by atoms with Crippen LogP contribution in [-0.4, -0.2) is 16.3 Å². The highest BCUT2D eigenvalue weighted by Gasteiger charge is 2.18. The summed E-state index contributed by atoms with van der Waals surface area (Å²) in [7, 11) is 0. The highest BCUT2D eigenvalue weighted by Crippen LogP contribution is 2.32. The van der Waals surface area contributed by atoms with E-state index in [1.807, 2.05) is 6.92 Å². The van der Waals surface area contributed by atoms with Crippen LogP contribution in [0.2, 0.25) is 0 Å². The third-order valence-corrected chi connectivity index (χ3v) is 2.85. The first-order valence-corrected chi connectivity index (χ1v) is 5.28. The molecule has 78 valence electrons. The SMILES string of the molecule is CC[C@@H](O)[C@@H](N)c1cccc(Br)c1O. The molecule has 0 spiro atoms. The van der Waals surface area contributed by atoms with Crippen LogP contribution >= 0.6 is 15.9 Å². The summed E-state index contributed by atoms with van der Waals surface area (Å²) in [5.41, 5.74) is 6.35. The first-order valence-electron chi connectivity index (χ1n) is 4.49. The van der Waals surface area contributed by atoms with Gasteiger partial charge >= 0.3 is 0 Å². The minimum atomic E-state index is -0.629. The highest BCUT2D eigenvalue weighted by molar-refractivity contribution is 9.10. The Balaban J connectivity index is 3.01. The number of nitrogens with two attached hydrogens (primary N) is 1. The molecule has 0 aromatic heterocycles. The summed E-state index contributed by atoms with van der Waals surface area (Å²) in [5, 5.41) is 19.2. The van der Waals surface area contributed by atoms with Crippen LogP contribution in [0.3, 0.4) is 0 Å². The molecule has 1 aromatic carbocycles. The fourth-order valence-corrected chi connectivity index (χ4v) is 1.64. The van der Waals surface area contributed by atoms with Crippen molar-refractivity contribution in [2.45, 2.75) is 25.5 Å². The lowest BCUT2D eigenvalue weighted by atomic mass is 10.00. The van der Waals surface area contributed by atoms with Gasteiger partial charge in [-0.3, -0.25) is 0 Å². The fourth-order valence-electron chi connectivity index (χ4n) is 1.26. The zero-order valence-corrected chi connectivity index (χ0v) is 9.53. The molecule has 1 rings (SSSR count). The summed E-state index contributed by atoms with van der Waals surface area (Å²) < 4.78 is 0.591. The van der Waals surface area contributed by atoms with Crippen molar-refractivity contribution in [2.75, 3.05) is 0 Å². The van der Waals surface area contributed by atoms with Gasteiger partial charge in [-0.25, -0.2) is 0 Å². The number of phenolic OH excluding ortho intramolecular Hbond substituents is 1. The zero-order chi connectivity index (χ0) is 10.7. The van der Waals surface area contributed by atoms with Gasteiger partial charge in [0, 0.05) is 5.56 Å². The smallest absolute Gasteiger partial charge is 0.134 e. The van der Waals surface area contributed by atoms with Gasteiger partial charge in [0.25, 0.3) is 0 Å². The Kier molecular flexibility index (Phi) is 3.92. The standard InChI is InChI=1S/C10H14BrNO2/c1-2-8(13)9(12)6-4-3-5-7(11)10(6)14/h3-5,8-9,13-14H,2,12H2,1H3/t8-,9+/m1/s1. The second-order valence-electron chi connectivity index (χ2n) is 3.18. The van der Waals surface area contributed by atoms with E-state index >= 15 is 0 Å². The molecule has 1 aromatic rings. The maximum Gasteiger partial charge on any atom is 0.134 e. The van der Waals surface area contributed by atoms with Crippen LogP contribution in [0, 0.1) is 0 Å². The van der Waals surface area contributed by atoms with Gasteiger partial charge in [0.1, 0.15) is 5.75 Å². The van der Waals surface area contributed by atoms with Crippen molar-refractivity contribution in [1.29, 1.82) is 0 Å². The van der Waals surface area contributed by atoms with E-state index in [2.05, 4.69) is 15.9 Å². The van der Waals surface area contributed by atoms with E-state index in [1.165, 1.54) is 0 Å². The monoisotopic (exact) mass is 259 g/mol. The number of halogens is 1. The third-order valence-electron chi connectivity index (χ3n) is 2.21. The van der Waals surface area contributed by atoms with Gasteiger partial charge in [0.05, 0.1) is 16.6 Å². The molecule has 0 aliphatic carbocycles. The maximum absolute atomic E-state index is 9.67. The molecule has 3 nitrogen and oxygen atoms in total. The highest BCUT2D eigenvalue weighted by atomic mass is 79.9. The van der Waals surface area contributed by atoms with Crippen LogP contribution in [0.4, 0.5) is 0 Å². The summed E-state index contributed by atoms with van der Waals surface area (Å²) in [5.74, 6) is 0.104. The largest absolute Gasteiger partial charge is 0.506 e. The number of para-hydroxylation sites is 1. The van der Waals surface area contributed by atoms with Gasteiger partial charge < -0.3 is 15.9 Å². The number of aliphatic hydroxyl groups excluding tert-OH is 1. The van der Waals surface area contributed by atoms with Gasteiger partial charge in [0.2, 0.25) is 0 Å². The van der Waals surface area contributed by atoms with Gasteiger partial charge in [-0.2, -0.15) is 0 Å². The molecule has 0 unspecified atom stereocenters. The Morgan fingerprint density at radius 1 is 1.50 bits per heavy atom. The van der Waals surface area contributed by atoms with E-state index in [4.69, 9.17) is 5.73 Å². The lowest BCUT2D eigenvalue weighted by Gasteiger charge is -2.19. The zero-order valence-electron chi connectivity index (χ0n) is 7.94. The Morgan fingerprint density at radius 3 is 2.71 bits per heavy atom. The topological polar surface area (TPSA) is 66.5 Å². The number of hydrogen-bond acceptors (Lipinski definition) is 3. The van der Waals surface area contributed by atoms with Crippen LogP contribution in [0.25, 0.3) is 0 Å². The van der Waals surface area contributed by atoms with Crippen LogP contribution in [0.1, 0.15) is 24.9 Å². The fraction of sp³-hybridized carbons (Fsp3) is 0.400. The number of aliphatic hydroxyl groups is 1. The molecular formula is C10H14BrNO2. The average molecular weight is 260 g/mol. The van der Waals surface area contributed by atoms with Gasteiger partial charge in [-0.15, -0.1) is 0 Å². The van der Waals surface area contributed by atoms with Gasteiger partial charge in [0.15, 0.2) is 0 Å². The van der Waals surface area contributed by atoms with E-state index in [-0.39, 0.29) is 5.75 Å². The molecule has 0 aliphatic heterocycles. The van der Waals surface area contributed by atoms with Crippen molar-refractivity contribution in [3.63, 3.8) is 0 Å². The molecule has 0 saturated carbocycles. The predicted molar refractivity (Wildman–Crippen MR) is 59.0 cm³/mol. The number of benzene rings is 1. The minimum Gasteiger partial charge on any atom is -0.506 e. The molecular weight excluding hydrogens is 246 g/mol. The van der Waals surface area contributed by atoms with Crippen LogP contribution < -0.4 is 5.73 Å². The molecule has 0 heterocycles. The number of phenols is 1. The second-order valence-corrected chi connectivity index (χ2v) is 4.03. The van der Waals surface area contributed by atoms with Crippen LogP contribution in [-0.2, 0) is 0 Å². The number of rotatable bonds is 3. The molecule has 0 amide bonds. The Morgan fingerprint density at radius 2 is 2.14 bits per heavy atom. The minimum absolute atomic E-state index is 0.104. The van der Waals surface area contributed by atoms with Crippen molar-refractivity contribution in [1.82, 2.24) is 0 Å². The Labute approximate surface area is 91.7 Å². The summed E-state index contributed by atoms with van der Waals surface area (Å²) in [4.78, 5) is 0. The number of hydrogen-bond donors (Lipinski definition) is 3. The van der Waals surface area contributed by atoms with E-state index in [1.54, 1.807) is 18.2 Å². The summed E-state index contributed by atoms with van der Waals surface area (Å²) in [6.07, 6.45) is -0.0668. The van der Waals surface area contributed by atoms with Gasteiger partial charge in [-0.05, 0) is 28.4 Å². The lowest BCUT2D eigenvalue weighted by molar-refractivity contribution is 0.139. The van der Waals surface area contributed by atoms with Crippen molar-refractivity contribution < 1.29 is 10.2 Å². The van der Waals surface area contributed by atoms with Crippen molar-refractivity contribution in [2.24, 2.45) is 5.73 Å². The lowest BCUT2D eigenvalue weighted by Crippen LogP contribution is -2.25. The van der Waals surface area contributed by atoms with E-state index < -0.39 is 12.1 Å². The number of aromatic hydroxyl groups is 1. The summed E-state index contributed by atoms with van der Waals surface area (Å²) >= 11 is 3.20. The van der Waals surface area contributed by atoms with Crippen LogP contribution in [0.5, 0.6) is 5.75 Å². The molecule has 0 radical (unpaired) electrons.